The summed E-state index contributed by atoms with van der Waals surface area (Å²) in [5, 5.41) is 5.77. The van der Waals surface area contributed by atoms with Crippen molar-refractivity contribution in [1.29, 1.82) is 0 Å². The number of anilines is 2. The summed E-state index contributed by atoms with van der Waals surface area (Å²) in [6, 6.07) is 18.9. The summed E-state index contributed by atoms with van der Waals surface area (Å²) in [5.74, 6) is 0.330. The van der Waals surface area contributed by atoms with E-state index in [1.165, 1.54) is 11.3 Å². The fourth-order valence-corrected chi connectivity index (χ4v) is 6.03. The molecule has 2 fully saturated rings. The number of aryl methyl sites for hydroxylation is 1. The van der Waals surface area contributed by atoms with E-state index < -0.39 is 0 Å². The lowest BCUT2D eigenvalue weighted by Gasteiger charge is -2.39. The zero-order valence-corrected chi connectivity index (χ0v) is 20.8. The van der Waals surface area contributed by atoms with Gasteiger partial charge in [-0.05, 0) is 31.9 Å². The first kappa shape index (κ1) is 22.1. The molecule has 8 heteroatoms. The maximum absolute atomic E-state index is 13.4. The number of hydrogen-bond acceptors (Lipinski definition) is 6. The number of piperazine rings is 1. The number of benzene rings is 2. The zero-order valence-electron chi connectivity index (χ0n) is 20.0. The highest BCUT2D eigenvalue weighted by molar-refractivity contribution is 7.20. The maximum atomic E-state index is 13.4. The Morgan fingerprint density at radius 1 is 0.943 bits per heavy atom. The molecule has 4 heterocycles. The Morgan fingerprint density at radius 3 is 2.46 bits per heavy atom. The molecule has 2 aliphatic rings. The molecule has 0 spiro atoms. The van der Waals surface area contributed by atoms with Gasteiger partial charge in [0.15, 0.2) is 0 Å². The largest absolute Gasteiger partial charge is 0.368 e. The van der Waals surface area contributed by atoms with Crippen molar-refractivity contribution in [3.05, 3.63) is 66.4 Å². The highest BCUT2D eigenvalue weighted by Crippen LogP contribution is 2.30. The fourth-order valence-electron chi connectivity index (χ4n) is 5.12. The summed E-state index contributed by atoms with van der Waals surface area (Å²) in [7, 11) is 0. The molecule has 2 saturated heterocycles. The number of carbonyl (C=O) groups excluding carboxylic acids is 1. The number of piperidine rings is 1. The van der Waals surface area contributed by atoms with Crippen LogP contribution in [0.25, 0.3) is 16.2 Å². The second-order valence-electron chi connectivity index (χ2n) is 9.54. The average molecular weight is 487 g/mol. The van der Waals surface area contributed by atoms with Gasteiger partial charge in [0.05, 0.1) is 17.8 Å². The predicted molar refractivity (Wildman–Crippen MR) is 141 cm³/mol. The first-order valence-corrected chi connectivity index (χ1v) is 13.2. The number of fused-ring (bicyclic) bond motifs is 1. The van der Waals surface area contributed by atoms with E-state index in [0.29, 0.717) is 5.91 Å². The smallest absolute Gasteiger partial charge is 0.227 e. The van der Waals surface area contributed by atoms with Gasteiger partial charge in [0.2, 0.25) is 16.0 Å². The van der Waals surface area contributed by atoms with E-state index in [1.54, 1.807) is 11.3 Å². The quantitative estimate of drug-likeness (QED) is 0.430. The third-order valence-corrected chi connectivity index (χ3v) is 8.12. The van der Waals surface area contributed by atoms with Crippen LogP contribution in [0.2, 0.25) is 0 Å². The van der Waals surface area contributed by atoms with E-state index >= 15 is 0 Å². The van der Waals surface area contributed by atoms with Crippen LogP contribution in [0.4, 0.5) is 10.8 Å². The van der Waals surface area contributed by atoms with Gasteiger partial charge in [-0.2, -0.15) is 0 Å². The number of amides is 1. The normalized spacial score (nSPS) is 18.9. The molecule has 2 aliphatic heterocycles. The SMILES string of the molecule is Cc1ccc(-c2cn3nc(N4CCC[C@H](C(=O)N5CCN(c6ccccc6)CC5)C4)sc3n2)cc1. The standard InChI is InChI=1S/C27H30N6OS/c1-20-9-11-21(12-10-20)24-19-33-26(28-24)35-27(29-33)32-13-5-6-22(18-32)25(34)31-16-14-30(15-17-31)23-7-3-2-4-8-23/h2-4,7-12,19,22H,5-6,13-18H2,1H3/t22-/m0/s1. The van der Waals surface area contributed by atoms with Crippen LogP contribution in [-0.2, 0) is 4.79 Å². The summed E-state index contributed by atoms with van der Waals surface area (Å²) in [4.78, 5) is 25.8. The number of rotatable bonds is 4. The fraction of sp³-hybridized carbons (Fsp3) is 0.370. The van der Waals surface area contributed by atoms with Crippen molar-refractivity contribution in [2.75, 3.05) is 49.1 Å². The van der Waals surface area contributed by atoms with Crippen LogP contribution < -0.4 is 9.80 Å². The highest BCUT2D eigenvalue weighted by Gasteiger charge is 2.32. The van der Waals surface area contributed by atoms with Crippen molar-refractivity contribution in [2.45, 2.75) is 19.8 Å². The van der Waals surface area contributed by atoms with Crippen LogP contribution in [0.1, 0.15) is 18.4 Å². The molecule has 6 rings (SSSR count). The van der Waals surface area contributed by atoms with E-state index in [9.17, 15) is 4.79 Å². The molecule has 180 valence electrons. The van der Waals surface area contributed by atoms with Crippen LogP contribution in [-0.4, -0.2) is 64.7 Å². The second kappa shape index (κ2) is 9.34. The molecule has 0 unspecified atom stereocenters. The van der Waals surface area contributed by atoms with E-state index in [0.717, 1.165) is 73.5 Å². The Balaban J connectivity index is 1.10. The monoisotopic (exact) mass is 486 g/mol. The van der Waals surface area contributed by atoms with Gasteiger partial charge < -0.3 is 14.7 Å². The lowest BCUT2D eigenvalue weighted by atomic mass is 9.96. The van der Waals surface area contributed by atoms with E-state index in [1.807, 2.05) is 16.8 Å². The van der Waals surface area contributed by atoms with Crippen LogP contribution in [0.5, 0.6) is 0 Å². The lowest BCUT2D eigenvalue weighted by Crippen LogP contribution is -2.52. The molecule has 1 amide bonds. The molecule has 1 atom stereocenters. The third-order valence-electron chi connectivity index (χ3n) is 7.13. The van der Waals surface area contributed by atoms with Crippen LogP contribution in [0, 0.1) is 12.8 Å². The molecule has 0 N–H and O–H groups in total. The van der Waals surface area contributed by atoms with Gasteiger partial charge >= 0.3 is 0 Å². The van der Waals surface area contributed by atoms with Crippen LogP contribution in [0.3, 0.4) is 0 Å². The Labute approximate surface area is 209 Å². The summed E-state index contributed by atoms with van der Waals surface area (Å²) < 4.78 is 1.88. The van der Waals surface area contributed by atoms with Crippen molar-refractivity contribution in [1.82, 2.24) is 19.5 Å². The number of aromatic nitrogens is 3. The predicted octanol–water partition coefficient (Wildman–Crippen LogP) is 4.33. The van der Waals surface area contributed by atoms with E-state index in [2.05, 4.69) is 70.2 Å². The Hall–Kier alpha value is -3.39. The summed E-state index contributed by atoms with van der Waals surface area (Å²) in [5.41, 5.74) is 4.52. The van der Waals surface area contributed by atoms with Crippen molar-refractivity contribution in [3.8, 4) is 11.3 Å². The summed E-state index contributed by atoms with van der Waals surface area (Å²) >= 11 is 1.60. The second-order valence-corrected chi connectivity index (χ2v) is 10.5. The van der Waals surface area contributed by atoms with E-state index in [-0.39, 0.29) is 5.92 Å². The maximum Gasteiger partial charge on any atom is 0.227 e. The third kappa shape index (κ3) is 4.50. The number of imidazole rings is 1. The van der Waals surface area contributed by atoms with Gasteiger partial charge in [0, 0.05) is 50.5 Å². The summed E-state index contributed by atoms with van der Waals surface area (Å²) in [6.07, 6.45) is 3.96. The van der Waals surface area contributed by atoms with Crippen LogP contribution in [0.15, 0.2) is 60.8 Å². The molecular weight excluding hydrogens is 456 g/mol. The van der Waals surface area contributed by atoms with E-state index in [4.69, 9.17) is 10.1 Å². The van der Waals surface area contributed by atoms with Crippen molar-refractivity contribution in [3.63, 3.8) is 0 Å². The minimum atomic E-state index is 0.0337. The molecular formula is C27H30N6OS. The van der Waals surface area contributed by atoms with Gasteiger partial charge in [0.1, 0.15) is 0 Å². The molecule has 35 heavy (non-hydrogen) atoms. The molecule has 7 nitrogen and oxygen atoms in total. The van der Waals surface area contributed by atoms with Gasteiger partial charge in [-0.25, -0.2) is 9.50 Å². The van der Waals surface area contributed by atoms with Crippen molar-refractivity contribution < 1.29 is 4.79 Å². The highest BCUT2D eigenvalue weighted by atomic mass is 32.1. The minimum absolute atomic E-state index is 0.0337. The molecule has 2 aromatic carbocycles. The van der Waals surface area contributed by atoms with Gasteiger partial charge in [0.25, 0.3) is 0 Å². The van der Waals surface area contributed by atoms with Crippen molar-refractivity contribution in [2.24, 2.45) is 5.92 Å². The molecule has 0 radical (unpaired) electrons. The first-order chi connectivity index (χ1) is 17.1. The number of hydrogen-bond donors (Lipinski definition) is 0. The van der Waals surface area contributed by atoms with Crippen molar-refractivity contribution >= 4 is 33.0 Å². The molecule has 0 saturated carbocycles. The number of para-hydroxylation sites is 1. The average Bonchev–Trinajstić information content (AvgIpc) is 3.49. The lowest BCUT2D eigenvalue weighted by molar-refractivity contribution is -0.136. The molecule has 0 aliphatic carbocycles. The van der Waals surface area contributed by atoms with Crippen LogP contribution >= 0.6 is 11.3 Å². The molecule has 0 bridgehead atoms. The van der Waals surface area contributed by atoms with Gasteiger partial charge in [-0.3, -0.25) is 4.79 Å². The topological polar surface area (TPSA) is 57.0 Å². The van der Waals surface area contributed by atoms with Gasteiger partial charge in [-0.1, -0.05) is 59.4 Å². The Kier molecular flexibility index (Phi) is 5.90. The summed E-state index contributed by atoms with van der Waals surface area (Å²) in [6.45, 7) is 7.11. The number of nitrogens with zero attached hydrogens (tertiary/aromatic N) is 6. The molecule has 2 aromatic heterocycles. The first-order valence-electron chi connectivity index (χ1n) is 12.4. The minimum Gasteiger partial charge on any atom is -0.368 e. The Morgan fingerprint density at radius 2 is 1.71 bits per heavy atom. The van der Waals surface area contributed by atoms with Gasteiger partial charge in [-0.15, -0.1) is 5.10 Å². The zero-order chi connectivity index (χ0) is 23.8. The Bertz CT molecular complexity index is 1280. The molecule has 4 aromatic rings. The number of carbonyl (C=O) groups is 1.